The van der Waals surface area contributed by atoms with Crippen LogP contribution in [-0.2, 0) is 9.53 Å². The van der Waals surface area contributed by atoms with Gasteiger partial charge in [0.15, 0.2) is 5.78 Å². The van der Waals surface area contributed by atoms with Gasteiger partial charge in [0.25, 0.3) is 0 Å². The van der Waals surface area contributed by atoms with Gasteiger partial charge < -0.3 is 4.74 Å². The Balaban J connectivity index is 2.66. The van der Waals surface area contributed by atoms with Crippen LogP contribution in [0.4, 0.5) is 4.39 Å². The Hall–Kier alpha value is -0.440. The highest BCUT2D eigenvalue weighted by atomic mass is 19.1. The lowest BCUT2D eigenvalue weighted by Gasteiger charge is -2.39. The molecule has 1 unspecified atom stereocenters. The van der Waals surface area contributed by atoms with Gasteiger partial charge in [-0.2, -0.15) is 0 Å². The number of carbonyl (C=O) groups is 1. The summed E-state index contributed by atoms with van der Waals surface area (Å²) >= 11 is 0. The SMILES string of the molecule is CC(C)C(=O)[C@@]1(C)CCC(C)(F)CO1. The molecule has 0 aromatic carbocycles. The lowest BCUT2D eigenvalue weighted by atomic mass is 9.83. The summed E-state index contributed by atoms with van der Waals surface area (Å²) in [7, 11) is 0. The van der Waals surface area contributed by atoms with Crippen molar-refractivity contribution in [2.45, 2.75) is 51.8 Å². The van der Waals surface area contributed by atoms with Crippen molar-refractivity contribution in [1.29, 1.82) is 0 Å². The maximum Gasteiger partial charge on any atom is 0.166 e. The summed E-state index contributed by atoms with van der Waals surface area (Å²) in [4.78, 5) is 11.8. The molecule has 0 bridgehead atoms. The summed E-state index contributed by atoms with van der Waals surface area (Å²) in [6, 6.07) is 0. The van der Waals surface area contributed by atoms with Crippen molar-refractivity contribution < 1.29 is 13.9 Å². The van der Waals surface area contributed by atoms with Crippen LogP contribution < -0.4 is 0 Å². The Morgan fingerprint density at radius 1 is 1.36 bits per heavy atom. The van der Waals surface area contributed by atoms with E-state index in [1.54, 1.807) is 6.92 Å². The third-order valence-corrected chi connectivity index (χ3v) is 2.86. The zero-order chi connectivity index (χ0) is 11.0. The summed E-state index contributed by atoms with van der Waals surface area (Å²) in [6.45, 7) is 7.01. The van der Waals surface area contributed by atoms with Crippen LogP contribution in [0.5, 0.6) is 0 Å². The molecule has 1 aliphatic heterocycles. The van der Waals surface area contributed by atoms with Gasteiger partial charge >= 0.3 is 0 Å². The van der Waals surface area contributed by atoms with Crippen molar-refractivity contribution in [2.75, 3.05) is 6.61 Å². The maximum absolute atomic E-state index is 13.4. The summed E-state index contributed by atoms with van der Waals surface area (Å²) in [5, 5.41) is 0. The summed E-state index contributed by atoms with van der Waals surface area (Å²) in [5.41, 5.74) is -2.03. The van der Waals surface area contributed by atoms with Gasteiger partial charge in [0.1, 0.15) is 11.3 Å². The van der Waals surface area contributed by atoms with Gasteiger partial charge in [0, 0.05) is 5.92 Å². The molecule has 1 fully saturated rings. The minimum Gasteiger partial charge on any atom is -0.364 e. The van der Waals surface area contributed by atoms with E-state index < -0.39 is 11.3 Å². The monoisotopic (exact) mass is 202 g/mol. The molecule has 14 heavy (non-hydrogen) atoms. The van der Waals surface area contributed by atoms with Crippen LogP contribution in [0.2, 0.25) is 0 Å². The first kappa shape index (κ1) is 11.6. The van der Waals surface area contributed by atoms with Gasteiger partial charge in [-0.1, -0.05) is 13.8 Å². The zero-order valence-electron chi connectivity index (χ0n) is 9.39. The van der Waals surface area contributed by atoms with E-state index in [0.717, 1.165) is 0 Å². The van der Waals surface area contributed by atoms with E-state index in [1.165, 1.54) is 6.92 Å². The predicted molar refractivity (Wildman–Crippen MR) is 52.9 cm³/mol. The van der Waals surface area contributed by atoms with Crippen molar-refractivity contribution >= 4 is 5.78 Å². The van der Waals surface area contributed by atoms with Crippen molar-refractivity contribution in [2.24, 2.45) is 5.92 Å². The highest BCUT2D eigenvalue weighted by Crippen LogP contribution is 2.34. The highest BCUT2D eigenvalue weighted by molar-refractivity contribution is 5.88. The topological polar surface area (TPSA) is 26.3 Å². The van der Waals surface area contributed by atoms with Gasteiger partial charge in [-0.25, -0.2) is 4.39 Å². The first-order chi connectivity index (χ1) is 6.27. The number of halogens is 1. The van der Waals surface area contributed by atoms with Gasteiger partial charge in [-0.3, -0.25) is 4.79 Å². The summed E-state index contributed by atoms with van der Waals surface area (Å²) < 4.78 is 18.8. The fourth-order valence-electron chi connectivity index (χ4n) is 1.76. The molecule has 0 radical (unpaired) electrons. The number of Topliss-reactive ketones (excluding diaryl/α,β-unsaturated/α-hetero) is 1. The van der Waals surface area contributed by atoms with Gasteiger partial charge in [-0.15, -0.1) is 0 Å². The van der Waals surface area contributed by atoms with Gasteiger partial charge in [0.05, 0.1) is 6.61 Å². The average Bonchev–Trinajstić information content (AvgIpc) is 2.09. The molecule has 0 spiro atoms. The number of rotatable bonds is 2. The molecule has 1 saturated heterocycles. The van der Waals surface area contributed by atoms with E-state index in [-0.39, 0.29) is 18.3 Å². The largest absolute Gasteiger partial charge is 0.364 e. The van der Waals surface area contributed by atoms with E-state index in [2.05, 4.69) is 0 Å². The molecule has 0 aromatic rings. The lowest BCUT2D eigenvalue weighted by molar-refractivity contribution is -0.164. The molecule has 1 heterocycles. The molecule has 1 rings (SSSR count). The second kappa shape index (κ2) is 3.61. The second-order valence-electron chi connectivity index (χ2n) is 4.95. The Bertz CT molecular complexity index is 223. The molecule has 0 N–H and O–H groups in total. The molecule has 2 atom stereocenters. The number of ether oxygens (including phenoxy) is 1. The van der Waals surface area contributed by atoms with E-state index in [9.17, 15) is 9.18 Å². The number of alkyl halides is 1. The number of hydrogen-bond donors (Lipinski definition) is 0. The van der Waals surface area contributed by atoms with E-state index in [0.29, 0.717) is 12.8 Å². The van der Waals surface area contributed by atoms with Crippen LogP contribution in [0.25, 0.3) is 0 Å². The zero-order valence-corrected chi connectivity index (χ0v) is 9.39. The minimum atomic E-state index is -1.27. The molecule has 0 amide bonds. The molecule has 0 saturated carbocycles. The molecule has 2 nitrogen and oxygen atoms in total. The molecule has 3 heteroatoms. The van der Waals surface area contributed by atoms with Crippen LogP contribution in [0.1, 0.15) is 40.5 Å². The smallest absolute Gasteiger partial charge is 0.166 e. The van der Waals surface area contributed by atoms with E-state index >= 15 is 0 Å². The number of hydrogen-bond acceptors (Lipinski definition) is 2. The van der Waals surface area contributed by atoms with Crippen molar-refractivity contribution in [1.82, 2.24) is 0 Å². The normalized spacial score (nSPS) is 38.7. The van der Waals surface area contributed by atoms with Gasteiger partial charge in [-0.05, 0) is 26.7 Å². The Labute approximate surface area is 84.8 Å². The third-order valence-electron chi connectivity index (χ3n) is 2.86. The molecule has 0 aliphatic carbocycles. The fraction of sp³-hybridized carbons (Fsp3) is 0.909. The third kappa shape index (κ3) is 2.32. The Kier molecular flexibility index (Phi) is 3.00. The lowest BCUT2D eigenvalue weighted by Crippen LogP contribution is -2.49. The first-order valence-corrected chi connectivity index (χ1v) is 5.14. The van der Waals surface area contributed by atoms with E-state index in [1.807, 2.05) is 13.8 Å². The predicted octanol–water partition coefficient (Wildman–Crippen LogP) is 2.51. The maximum atomic E-state index is 13.4. The molecule has 82 valence electrons. The Morgan fingerprint density at radius 3 is 2.29 bits per heavy atom. The second-order valence-corrected chi connectivity index (χ2v) is 4.95. The molecule has 0 aromatic heterocycles. The minimum absolute atomic E-state index is 0.0297. The summed E-state index contributed by atoms with van der Waals surface area (Å²) in [5.74, 6) is 0.0250. The van der Waals surface area contributed by atoms with Crippen molar-refractivity contribution in [3.05, 3.63) is 0 Å². The molecular formula is C11H19FO2. The average molecular weight is 202 g/mol. The van der Waals surface area contributed by atoms with Crippen LogP contribution in [0.15, 0.2) is 0 Å². The number of ketones is 1. The van der Waals surface area contributed by atoms with Crippen LogP contribution in [0, 0.1) is 5.92 Å². The van der Waals surface area contributed by atoms with Crippen LogP contribution in [-0.4, -0.2) is 23.7 Å². The van der Waals surface area contributed by atoms with Crippen LogP contribution >= 0.6 is 0 Å². The van der Waals surface area contributed by atoms with E-state index in [4.69, 9.17) is 4.74 Å². The first-order valence-electron chi connectivity index (χ1n) is 5.14. The van der Waals surface area contributed by atoms with Crippen LogP contribution in [0.3, 0.4) is 0 Å². The molecular weight excluding hydrogens is 183 g/mol. The number of carbonyl (C=O) groups excluding carboxylic acids is 1. The highest BCUT2D eigenvalue weighted by Gasteiger charge is 2.43. The Morgan fingerprint density at radius 2 is 1.93 bits per heavy atom. The van der Waals surface area contributed by atoms with Gasteiger partial charge in [0.2, 0.25) is 0 Å². The quantitative estimate of drug-likeness (QED) is 0.687. The summed E-state index contributed by atoms with van der Waals surface area (Å²) in [6.07, 6.45) is 0.888. The standard InChI is InChI=1S/C11H19FO2/c1-8(2)9(13)11(4)6-5-10(3,12)7-14-11/h8H,5-7H2,1-4H3/t10?,11-/m1/s1. The molecule has 1 aliphatic rings. The fourth-order valence-corrected chi connectivity index (χ4v) is 1.76. The van der Waals surface area contributed by atoms with Crippen molar-refractivity contribution in [3.63, 3.8) is 0 Å². The van der Waals surface area contributed by atoms with Crippen molar-refractivity contribution in [3.8, 4) is 0 Å².